The van der Waals surface area contributed by atoms with Crippen molar-refractivity contribution in [3.63, 3.8) is 0 Å². The number of furan rings is 2. The summed E-state index contributed by atoms with van der Waals surface area (Å²) in [6.45, 7) is 0. The molecule has 11 rings (SSSR count). The van der Waals surface area contributed by atoms with Gasteiger partial charge in [0.05, 0.1) is 5.41 Å². The van der Waals surface area contributed by atoms with Gasteiger partial charge in [-0.25, -0.2) is 0 Å². The van der Waals surface area contributed by atoms with Crippen molar-refractivity contribution in [2.75, 3.05) is 0 Å². The molecule has 51 heavy (non-hydrogen) atoms. The molecule has 0 N–H and O–H groups in total. The molecule has 0 fully saturated rings. The molecule has 0 unspecified atom stereocenters. The number of hydrogen-bond donors (Lipinski definition) is 0. The zero-order valence-corrected chi connectivity index (χ0v) is 27.6. The highest BCUT2D eigenvalue weighted by Crippen LogP contribution is 2.57. The predicted molar refractivity (Wildman–Crippen MR) is 209 cm³/mol. The second kappa shape index (κ2) is 10.7. The molecule has 10 aromatic rings. The van der Waals surface area contributed by atoms with Crippen molar-refractivity contribution in [1.29, 1.82) is 0 Å². The minimum atomic E-state index is -0.530. The van der Waals surface area contributed by atoms with Gasteiger partial charge in [0.1, 0.15) is 22.3 Å². The summed E-state index contributed by atoms with van der Waals surface area (Å²) in [4.78, 5) is 0. The summed E-state index contributed by atoms with van der Waals surface area (Å²) in [5.41, 5.74) is 15.4. The van der Waals surface area contributed by atoms with E-state index in [1.54, 1.807) is 0 Å². The summed E-state index contributed by atoms with van der Waals surface area (Å²) in [6.07, 6.45) is 0. The number of fused-ring (bicyclic) bond motifs is 9. The van der Waals surface area contributed by atoms with E-state index in [-0.39, 0.29) is 0 Å². The molecule has 0 radical (unpaired) electrons. The van der Waals surface area contributed by atoms with E-state index in [1.807, 2.05) is 24.3 Å². The van der Waals surface area contributed by atoms with Gasteiger partial charge >= 0.3 is 0 Å². The minimum Gasteiger partial charge on any atom is -0.456 e. The van der Waals surface area contributed by atoms with Crippen LogP contribution in [0.2, 0.25) is 0 Å². The van der Waals surface area contributed by atoms with E-state index in [0.717, 1.165) is 43.9 Å². The van der Waals surface area contributed by atoms with Crippen LogP contribution in [0.15, 0.2) is 191 Å². The topological polar surface area (TPSA) is 26.3 Å². The number of rotatable bonds is 4. The van der Waals surface area contributed by atoms with Crippen LogP contribution < -0.4 is 0 Å². The van der Waals surface area contributed by atoms with Gasteiger partial charge in [0, 0.05) is 21.5 Å². The second-order valence-corrected chi connectivity index (χ2v) is 13.6. The monoisotopic (exact) mass is 650 g/mol. The molecular formula is C49H30O2. The van der Waals surface area contributed by atoms with Gasteiger partial charge < -0.3 is 8.83 Å². The quantitative estimate of drug-likeness (QED) is 0.189. The Kier molecular flexibility index (Phi) is 5.91. The van der Waals surface area contributed by atoms with E-state index >= 15 is 0 Å². The molecule has 2 nitrogen and oxygen atoms in total. The highest BCUT2D eigenvalue weighted by Gasteiger charge is 2.46. The molecule has 0 saturated carbocycles. The fraction of sp³-hybridized carbons (Fsp3) is 0.0204. The summed E-state index contributed by atoms with van der Waals surface area (Å²) in [5.74, 6) is 0. The van der Waals surface area contributed by atoms with Gasteiger partial charge in [-0.3, -0.25) is 0 Å². The summed E-state index contributed by atoms with van der Waals surface area (Å²) in [5, 5.41) is 4.55. The van der Waals surface area contributed by atoms with Crippen molar-refractivity contribution in [1.82, 2.24) is 0 Å². The molecule has 2 aromatic heterocycles. The minimum absolute atomic E-state index is 0.530. The second-order valence-electron chi connectivity index (χ2n) is 13.6. The fourth-order valence-electron chi connectivity index (χ4n) is 8.66. The van der Waals surface area contributed by atoms with Gasteiger partial charge in [-0.15, -0.1) is 0 Å². The maximum absolute atomic E-state index is 6.19. The van der Waals surface area contributed by atoms with Crippen LogP contribution in [-0.2, 0) is 5.41 Å². The lowest BCUT2D eigenvalue weighted by molar-refractivity contribution is 0.668. The van der Waals surface area contributed by atoms with Gasteiger partial charge in [0.2, 0.25) is 0 Å². The van der Waals surface area contributed by atoms with Gasteiger partial charge in [-0.1, -0.05) is 133 Å². The normalized spacial score (nSPS) is 13.3. The molecule has 1 aliphatic carbocycles. The molecule has 0 bridgehead atoms. The molecule has 238 valence electrons. The van der Waals surface area contributed by atoms with Crippen LogP contribution >= 0.6 is 0 Å². The summed E-state index contributed by atoms with van der Waals surface area (Å²) < 4.78 is 12.4. The van der Waals surface area contributed by atoms with Crippen molar-refractivity contribution in [3.8, 4) is 33.4 Å². The molecule has 0 spiro atoms. The molecule has 0 aliphatic heterocycles. The van der Waals surface area contributed by atoms with Crippen LogP contribution in [-0.4, -0.2) is 0 Å². The third-order valence-electron chi connectivity index (χ3n) is 11.0. The van der Waals surface area contributed by atoms with E-state index in [0.29, 0.717) is 0 Å². The standard InChI is InChI=1S/C49H30O2/c1-3-11-35(12-4-1)49(36-13-5-2-6-14-36)43-29-33(31-21-25-47-41(27-31)39-15-7-9-17-45(39)50-47)19-23-37(43)38-24-20-34(30-44(38)49)32-22-26-48-42(28-32)40-16-8-10-18-46(40)51-48/h1-30H. The molecule has 0 amide bonds. The van der Waals surface area contributed by atoms with Crippen molar-refractivity contribution < 1.29 is 8.83 Å². The van der Waals surface area contributed by atoms with Gasteiger partial charge in [-0.2, -0.15) is 0 Å². The van der Waals surface area contributed by atoms with Crippen molar-refractivity contribution in [3.05, 3.63) is 204 Å². The van der Waals surface area contributed by atoms with Gasteiger partial charge in [0.25, 0.3) is 0 Å². The Balaban J connectivity index is 1.16. The van der Waals surface area contributed by atoms with Gasteiger partial charge in [0.15, 0.2) is 0 Å². The predicted octanol–water partition coefficient (Wildman–Crippen LogP) is 13.2. The molecule has 2 heterocycles. The number of hydrogen-bond acceptors (Lipinski definition) is 2. The smallest absolute Gasteiger partial charge is 0.135 e. The van der Waals surface area contributed by atoms with Gasteiger partial charge in [-0.05, 0) is 104 Å². The largest absolute Gasteiger partial charge is 0.456 e. The van der Waals surface area contributed by atoms with E-state index in [4.69, 9.17) is 8.83 Å². The van der Waals surface area contributed by atoms with Crippen molar-refractivity contribution >= 4 is 43.9 Å². The number of benzene rings is 8. The third-order valence-corrected chi connectivity index (χ3v) is 11.0. The first-order valence-electron chi connectivity index (χ1n) is 17.5. The van der Waals surface area contributed by atoms with Crippen LogP contribution in [0, 0.1) is 0 Å². The first kappa shape index (κ1) is 28.2. The number of para-hydroxylation sites is 2. The average molecular weight is 651 g/mol. The van der Waals surface area contributed by atoms with Crippen LogP contribution in [0.1, 0.15) is 22.3 Å². The fourth-order valence-corrected chi connectivity index (χ4v) is 8.66. The Labute approximate surface area is 294 Å². The summed E-state index contributed by atoms with van der Waals surface area (Å²) >= 11 is 0. The first-order valence-corrected chi connectivity index (χ1v) is 17.5. The zero-order chi connectivity index (χ0) is 33.5. The van der Waals surface area contributed by atoms with E-state index < -0.39 is 5.41 Å². The third kappa shape index (κ3) is 4.05. The molecule has 2 heteroatoms. The Morgan fingerprint density at radius 3 is 1.14 bits per heavy atom. The van der Waals surface area contributed by atoms with E-state index in [9.17, 15) is 0 Å². The van der Waals surface area contributed by atoms with Crippen LogP contribution in [0.25, 0.3) is 77.3 Å². The Morgan fingerprint density at radius 2 is 0.667 bits per heavy atom. The SMILES string of the molecule is c1ccc(C2(c3ccccc3)c3cc(-c4ccc5oc6ccccc6c5c4)ccc3-c3ccc(-c4ccc5oc6ccccc6c5c4)cc32)cc1. The Bertz CT molecular complexity index is 2760. The molecule has 8 aromatic carbocycles. The first-order chi connectivity index (χ1) is 25.3. The Hall–Kier alpha value is -6.64. The Morgan fingerprint density at radius 1 is 0.294 bits per heavy atom. The van der Waals surface area contributed by atoms with E-state index in [1.165, 1.54) is 55.6 Å². The average Bonchev–Trinajstić information content (AvgIpc) is 3.85. The van der Waals surface area contributed by atoms with Crippen LogP contribution in [0.3, 0.4) is 0 Å². The highest BCUT2D eigenvalue weighted by molar-refractivity contribution is 6.07. The summed E-state index contributed by atoms with van der Waals surface area (Å²) in [7, 11) is 0. The lowest BCUT2D eigenvalue weighted by Crippen LogP contribution is -2.28. The van der Waals surface area contributed by atoms with Crippen LogP contribution in [0.4, 0.5) is 0 Å². The zero-order valence-electron chi connectivity index (χ0n) is 27.6. The molecule has 0 saturated heterocycles. The highest BCUT2D eigenvalue weighted by atomic mass is 16.3. The van der Waals surface area contributed by atoms with E-state index in [2.05, 4.69) is 158 Å². The van der Waals surface area contributed by atoms with Crippen molar-refractivity contribution in [2.24, 2.45) is 0 Å². The van der Waals surface area contributed by atoms with Crippen LogP contribution in [0.5, 0.6) is 0 Å². The molecule has 0 atom stereocenters. The molecular weight excluding hydrogens is 621 g/mol. The summed E-state index contributed by atoms with van der Waals surface area (Å²) in [6, 6.07) is 65.9. The maximum Gasteiger partial charge on any atom is 0.135 e. The molecule has 1 aliphatic rings. The van der Waals surface area contributed by atoms with Crippen molar-refractivity contribution in [2.45, 2.75) is 5.41 Å². The lowest BCUT2D eigenvalue weighted by atomic mass is 9.67. The lowest BCUT2D eigenvalue weighted by Gasteiger charge is -2.34. The maximum atomic E-state index is 6.19.